The maximum absolute atomic E-state index is 5.95. The van der Waals surface area contributed by atoms with Crippen LogP contribution in [0.2, 0.25) is 5.02 Å². The van der Waals surface area contributed by atoms with E-state index in [9.17, 15) is 0 Å². The van der Waals surface area contributed by atoms with Gasteiger partial charge < -0.3 is 5.32 Å². The summed E-state index contributed by atoms with van der Waals surface area (Å²) in [6.45, 7) is 0. The molecular weight excluding hydrogens is 244 g/mol. The number of fused-ring (bicyclic) bond motifs is 1. The number of halogens is 1. The van der Waals surface area contributed by atoms with Crippen molar-refractivity contribution < 1.29 is 0 Å². The quantitative estimate of drug-likeness (QED) is 0.721. The molecule has 0 aliphatic heterocycles. The van der Waals surface area contributed by atoms with E-state index < -0.39 is 0 Å². The number of benzene rings is 2. The van der Waals surface area contributed by atoms with Crippen molar-refractivity contribution in [3.05, 3.63) is 65.7 Å². The number of rotatable bonds is 2. The van der Waals surface area contributed by atoms with E-state index in [1.54, 1.807) is 0 Å². The molecule has 0 fully saturated rings. The van der Waals surface area contributed by atoms with Crippen molar-refractivity contribution >= 4 is 34.0 Å². The molecular formula is C15H11ClN2. The SMILES string of the molecule is Clc1cccc(Nc2ccc3ccccc3n2)c1. The van der Waals surface area contributed by atoms with Gasteiger partial charge in [0.05, 0.1) is 5.52 Å². The van der Waals surface area contributed by atoms with E-state index in [0.29, 0.717) is 5.02 Å². The molecule has 0 radical (unpaired) electrons. The molecule has 18 heavy (non-hydrogen) atoms. The minimum atomic E-state index is 0.709. The van der Waals surface area contributed by atoms with Crippen LogP contribution >= 0.6 is 11.6 Å². The van der Waals surface area contributed by atoms with Gasteiger partial charge in [-0.1, -0.05) is 35.9 Å². The third kappa shape index (κ3) is 2.29. The van der Waals surface area contributed by atoms with Gasteiger partial charge in [-0.2, -0.15) is 0 Å². The Morgan fingerprint density at radius 1 is 0.889 bits per heavy atom. The van der Waals surface area contributed by atoms with Crippen LogP contribution in [0, 0.1) is 0 Å². The smallest absolute Gasteiger partial charge is 0.131 e. The van der Waals surface area contributed by atoms with E-state index in [4.69, 9.17) is 11.6 Å². The Morgan fingerprint density at radius 2 is 1.78 bits per heavy atom. The monoisotopic (exact) mass is 254 g/mol. The van der Waals surface area contributed by atoms with Crippen LogP contribution in [-0.2, 0) is 0 Å². The molecule has 2 aromatic carbocycles. The van der Waals surface area contributed by atoms with Crippen LogP contribution in [0.5, 0.6) is 0 Å². The summed E-state index contributed by atoms with van der Waals surface area (Å²) in [5.41, 5.74) is 1.91. The molecule has 2 nitrogen and oxygen atoms in total. The van der Waals surface area contributed by atoms with Crippen LogP contribution in [0.4, 0.5) is 11.5 Å². The Morgan fingerprint density at radius 3 is 2.67 bits per heavy atom. The standard InChI is InChI=1S/C15H11ClN2/c16-12-5-3-6-13(10-12)17-15-9-8-11-4-1-2-7-14(11)18-15/h1-10H,(H,17,18). The number of para-hydroxylation sites is 1. The maximum atomic E-state index is 5.95. The van der Waals surface area contributed by atoms with E-state index >= 15 is 0 Å². The van der Waals surface area contributed by atoms with Gasteiger partial charge in [-0.15, -0.1) is 0 Å². The number of pyridine rings is 1. The lowest BCUT2D eigenvalue weighted by atomic mass is 10.2. The molecule has 0 unspecified atom stereocenters. The summed E-state index contributed by atoms with van der Waals surface area (Å²) in [7, 11) is 0. The van der Waals surface area contributed by atoms with E-state index in [-0.39, 0.29) is 0 Å². The maximum Gasteiger partial charge on any atom is 0.131 e. The van der Waals surface area contributed by atoms with Gasteiger partial charge in [-0.3, -0.25) is 0 Å². The van der Waals surface area contributed by atoms with E-state index in [0.717, 1.165) is 22.4 Å². The second-order valence-electron chi connectivity index (χ2n) is 4.02. The lowest BCUT2D eigenvalue weighted by molar-refractivity contribution is 1.37. The molecule has 3 rings (SSSR count). The van der Waals surface area contributed by atoms with Crippen LogP contribution < -0.4 is 5.32 Å². The van der Waals surface area contributed by atoms with Crippen LogP contribution in [0.25, 0.3) is 10.9 Å². The Hall–Kier alpha value is -2.06. The molecule has 0 bridgehead atoms. The normalized spacial score (nSPS) is 10.5. The predicted molar refractivity (Wildman–Crippen MR) is 76.5 cm³/mol. The number of hydrogen-bond acceptors (Lipinski definition) is 2. The largest absolute Gasteiger partial charge is 0.340 e. The van der Waals surface area contributed by atoms with Crippen molar-refractivity contribution in [1.29, 1.82) is 0 Å². The topological polar surface area (TPSA) is 24.9 Å². The molecule has 0 saturated heterocycles. The highest BCUT2D eigenvalue weighted by Gasteiger charge is 1.99. The molecule has 3 aromatic rings. The van der Waals surface area contributed by atoms with Gasteiger partial charge >= 0.3 is 0 Å². The first-order valence-electron chi connectivity index (χ1n) is 5.70. The molecule has 0 aliphatic carbocycles. The van der Waals surface area contributed by atoms with Crippen LogP contribution in [0.15, 0.2) is 60.7 Å². The summed E-state index contributed by atoms with van der Waals surface area (Å²) in [5.74, 6) is 0.816. The summed E-state index contributed by atoms with van der Waals surface area (Å²) in [6.07, 6.45) is 0. The summed E-state index contributed by atoms with van der Waals surface area (Å²) in [4.78, 5) is 4.55. The predicted octanol–water partition coefficient (Wildman–Crippen LogP) is 4.63. The van der Waals surface area contributed by atoms with Crippen molar-refractivity contribution in [3.8, 4) is 0 Å². The first-order valence-corrected chi connectivity index (χ1v) is 6.07. The fraction of sp³-hybridized carbons (Fsp3) is 0. The Kier molecular flexibility index (Phi) is 2.87. The highest BCUT2D eigenvalue weighted by molar-refractivity contribution is 6.30. The van der Waals surface area contributed by atoms with Gasteiger partial charge in [0.1, 0.15) is 5.82 Å². The summed E-state index contributed by atoms with van der Waals surface area (Å²) >= 11 is 5.95. The van der Waals surface area contributed by atoms with Crippen molar-refractivity contribution in [1.82, 2.24) is 4.98 Å². The number of hydrogen-bond donors (Lipinski definition) is 1. The molecule has 0 aliphatic rings. The number of anilines is 2. The fourth-order valence-electron chi connectivity index (χ4n) is 1.85. The first kappa shape index (κ1) is 11.1. The zero-order chi connectivity index (χ0) is 12.4. The van der Waals surface area contributed by atoms with Gasteiger partial charge in [0.15, 0.2) is 0 Å². The summed E-state index contributed by atoms with van der Waals surface area (Å²) < 4.78 is 0. The average molecular weight is 255 g/mol. The highest BCUT2D eigenvalue weighted by atomic mass is 35.5. The zero-order valence-electron chi connectivity index (χ0n) is 9.60. The molecule has 0 amide bonds. The van der Waals surface area contributed by atoms with Gasteiger partial charge in [0, 0.05) is 16.1 Å². The minimum absolute atomic E-state index is 0.709. The number of aromatic nitrogens is 1. The van der Waals surface area contributed by atoms with Crippen molar-refractivity contribution in [2.75, 3.05) is 5.32 Å². The lowest BCUT2D eigenvalue weighted by Gasteiger charge is -2.06. The number of nitrogens with zero attached hydrogens (tertiary/aromatic N) is 1. The van der Waals surface area contributed by atoms with Crippen LogP contribution in [0.1, 0.15) is 0 Å². The molecule has 0 atom stereocenters. The third-order valence-electron chi connectivity index (χ3n) is 2.70. The van der Waals surface area contributed by atoms with E-state index in [1.165, 1.54) is 0 Å². The molecule has 0 saturated carbocycles. The summed E-state index contributed by atoms with van der Waals surface area (Å²) in [6, 6.07) is 19.6. The Labute approximate surface area is 110 Å². The summed E-state index contributed by atoms with van der Waals surface area (Å²) in [5, 5.41) is 5.08. The molecule has 1 aromatic heterocycles. The molecule has 1 N–H and O–H groups in total. The molecule has 0 spiro atoms. The molecule has 88 valence electrons. The Bertz CT molecular complexity index is 695. The van der Waals surface area contributed by atoms with E-state index in [2.05, 4.69) is 16.4 Å². The van der Waals surface area contributed by atoms with Crippen LogP contribution in [-0.4, -0.2) is 4.98 Å². The van der Waals surface area contributed by atoms with Gasteiger partial charge in [0.25, 0.3) is 0 Å². The van der Waals surface area contributed by atoms with Gasteiger partial charge in [-0.05, 0) is 36.4 Å². The van der Waals surface area contributed by atoms with E-state index in [1.807, 2.05) is 54.6 Å². The van der Waals surface area contributed by atoms with Crippen molar-refractivity contribution in [2.45, 2.75) is 0 Å². The fourth-order valence-corrected chi connectivity index (χ4v) is 2.04. The average Bonchev–Trinajstić information content (AvgIpc) is 2.39. The molecule has 3 heteroatoms. The first-order chi connectivity index (χ1) is 8.81. The van der Waals surface area contributed by atoms with Crippen molar-refractivity contribution in [2.24, 2.45) is 0 Å². The molecule has 1 heterocycles. The van der Waals surface area contributed by atoms with Crippen molar-refractivity contribution in [3.63, 3.8) is 0 Å². The Balaban J connectivity index is 1.95. The second-order valence-corrected chi connectivity index (χ2v) is 4.46. The second kappa shape index (κ2) is 4.67. The number of nitrogens with one attached hydrogen (secondary N) is 1. The van der Waals surface area contributed by atoms with Gasteiger partial charge in [-0.25, -0.2) is 4.98 Å². The lowest BCUT2D eigenvalue weighted by Crippen LogP contribution is -1.93. The van der Waals surface area contributed by atoms with Gasteiger partial charge in [0.2, 0.25) is 0 Å². The zero-order valence-corrected chi connectivity index (χ0v) is 10.4. The highest BCUT2D eigenvalue weighted by Crippen LogP contribution is 2.21. The van der Waals surface area contributed by atoms with Crippen LogP contribution in [0.3, 0.4) is 0 Å². The third-order valence-corrected chi connectivity index (χ3v) is 2.93. The minimum Gasteiger partial charge on any atom is -0.340 e.